The van der Waals surface area contributed by atoms with E-state index in [2.05, 4.69) is 30.7 Å². The maximum atomic E-state index is 13.5. The minimum Gasteiger partial charge on any atom is -0.443 e. The van der Waals surface area contributed by atoms with Crippen LogP contribution in [0.25, 0.3) is 33.2 Å². The SMILES string of the molecule is Cn1c(C(=O)Nc2nncs2)cc2ccc(-c3nccc(N(C(=O)OC(C)(C)C)c4ccc5[nH]ncc5c4)n3)cc21. The predicted molar refractivity (Wildman–Crippen MR) is 156 cm³/mol. The van der Waals surface area contributed by atoms with Gasteiger partial charge in [-0.2, -0.15) is 5.10 Å². The van der Waals surface area contributed by atoms with Crippen LogP contribution in [0, 0.1) is 0 Å². The van der Waals surface area contributed by atoms with Crippen molar-refractivity contribution in [1.29, 1.82) is 0 Å². The van der Waals surface area contributed by atoms with E-state index in [9.17, 15) is 9.59 Å². The van der Waals surface area contributed by atoms with Crippen molar-refractivity contribution in [3.8, 4) is 11.4 Å². The number of nitrogens with one attached hydrogen (secondary N) is 2. The van der Waals surface area contributed by atoms with Crippen molar-refractivity contribution < 1.29 is 14.3 Å². The van der Waals surface area contributed by atoms with Crippen molar-refractivity contribution in [2.45, 2.75) is 26.4 Å². The number of amides is 2. The molecule has 0 radical (unpaired) electrons. The number of H-pyrrole nitrogens is 1. The highest BCUT2D eigenvalue weighted by atomic mass is 32.1. The van der Waals surface area contributed by atoms with Crippen LogP contribution in [0.5, 0.6) is 0 Å². The van der Waals surface area contributed by atoms with E-state index in [0.717, 1.165) is 21.8 Å². The zero-order valence-electron chi connectivity index (χ0n) is 22.6. The molecule has 0 aliphatic rings. The van der Waals surface area contributed by atoms with Crippen molar-refractivity contribution in [2.24, 2.45) is 7.05 Å². The van der Waals surface area contributed by atoms with Crippen molar-refractivity contribution in [2.75, 3.05) is 10.2 Å². The van der Waals surface area contributed by atoms with Gasteiger partial charge in [0.25, 0.3) is 5.91 Å². The zero-order valence-corrected chi connectivity index (χ0v) is 23.4. The van der Waals surface area contributed by atoms with Gasteiger partial charge < -0.3 is 9.30 Å². The number of hydrogen-bond acceptors (Lipinski definition) is 9. The molecule has 0 saturated heterocycles. The molecule has 0 aliphatic heterocycles. The molecular weight excluding hydrogens is 542 g/mol. The van der Waals surface area contributed by atoms with E-state index in [1.54, 1.807) is 34.6 Å². The number of rotatable bonds is 5. The van der Waals surface area contributed by atoms with Crippen molar-refractivity contribution in [3.05, 3.63) is 72.1 Å². The van der Waals surface area contributed by atoms with Gasteiger partial charge in [-0.15, -0.1) is 10.2 Å². The van der Waals surface area contributed by atoms with Crippen LogP contribution >= 0.6 is 11.3 Å². The number of nitrogens with zero attached hydrogens (tertiary/aromatic N) is 7. The fourth-order valence-corrected chi connectivity index (χ4v) is 4.84. The van der Waals surface area contributed by atoms with Crippen molar-refractivity contribution in [1.82, 2.24) is 34.9 Å². The van der Waals surface area contributed by atoms with E-state index in [0.29, 0.717) is 33.7 Å². The number of ether oxygens (including phenoxy) is 1. The Hall–Kier alpha value is -5.17. The number of aromatic nitrogens is 7. The molecule has 13 heteroatoms. The summed E-state index contributed by atoms with van der Waals surface area (Å²) in [5.41, 5.74) is 4.24. The van der Waals surface area contributed by atoms with E-state index in [1.807, 2.05) is 64.2 Å². The lowest BCUT2D eigenvalue weighted by Gasteiger charge is -2.27. The van der Waals surface area contributed by atoms with Gasteiger partial charge in [0, 0.05) is 35.1 Å². The van der Waals surface area contributed by atoms with Gasteiger partial charge in [-0.3, -0.25) is 15.2 Å². The first-order valence-electron chi connectivity index (χ1n) is 12.6. The molecule has 0 unspecified atom stereocenters. The molecule has 6 rings (SSSR count). The van der Waals surface area contributed by atoms with Crippen LogP contribution in [0.15, 0.2) is 66.4 Å². The quantitative estimate of drug-likeness (QED) is 0.270. The Morgan fingerprint density at radius 2 is 1.93 bits per heavy atom. The predicted octanol–water partition coefficient (Wildman–Crippen LogP) is 5.69. The fraction of sp³-hybridized carbons (Fsp3) is 0.179. The first kappa shape index (κ1) is 26.1. The molecular formula is C28H25N9O3S. The van der Waals surface area contributed by atoms with Crippen LogP contribution in [0.4, 0.5) is 21.4 Å². The third-order valence-corrected chi connectivity index (χ3v) is 6.85. The molecule has 0 saturated carbocycles. The number of carbonyl (C=O) groups excluding carboxylic acids is 2. The lowest BCUT2D eigenvalue weighted by molar-refractivity contribution is 0.0598. The highest BCUT2D eigenvalue weighted by Gasteiger charge is 2.27. The molecule has 41 heavy (non-hydrogen) atoms. The average molecular weight is 568 g/mol. The average Bonchev–Trinajstić information content (AvgIpc) is 3.68. The van der Waals surface area contributed by atoms with Crippen LogP contribution in [0.2, 0.25) is 0 Å². The Morgan fingerprint density at radius 1 is 1.07 bits per heavy atom. The molecule has 4 heterocycles. The van der Waals surface area contributed by atoms with Gasteiger partial charge in [0.2, 0.25) is 5.13 Å². The number of fused-ring (bicyclic) bond motifs is 2. The number of anilines is 3. The van der Waals surface area contributed by atoms with Gasteiger partial charge in [0.15, 0.2) is 5.82 Å². The molecule has 2 aromatic carbocycles. The summed E-state index contributed by atoms with van der Waals surface area (Å²) < 4.78 is 7.54. The van der Waals surface area contributed by atoms with Gasteiger partial charge >= 0.3 is 6.09 Å². The second kappa shape index (κ2) is 10.1. The Balaban J connectivity index is 1.38. The maximum Gasteiger partial charge on any atom is 0.420 e. The Kier molecular flexibility index (Phi) is 6.42. The molecule has 0 spiro atoms. The smallest absolute Gasteiger partial charge is 0.420 e. The zero-order chi connectivity index (χ0) is 28.7. The van der Waals surface area contributed by atoms with E-state index < -0.39 is 11.7 Å². The summed E-state index contributed by atoms with van der Waals surface area (Å²) in [5, 5.41) is 19.5. The van der Waals surface area contributed by atoms with E-state index >= 15 is 0 Å². The van der Waals surface area contributed by atoms with E-state index in [1.165, 1.54) is 16.2 Å². The first-order valence-corrected chi connectivity index (χ1v) is 13.5. The fourth-order valence-electron chi connectivity index (χ4n) is 4.40. The summed E-state index contributed by atoms with van der Waals surface area (Å²) in [4.78, 5) is 37.0. The Bertz CT molecular complexity index is 1900. The van der Waals surface area contributed by atoms with Gasteiger partial charge in [-0.05, 0) is 57.2 Å². The van der Waals surface area contributed by atoms with Gasteiger partial charge in [0.1, 0.15) is 22.6 Å². The second-order valence-electron chi connectivity index (χ2n) is 10.3. The molecule has 12 nitrogen and oxygen atoms in total. The van der Waals surface area contributed by atoms with E-state index in [4.69, 9.17) is 9.72 Å². The number of hydrogen-bond donors (Lipinski definition) is 2. The van der Waals surface area contributed by atoms with Crippen LogP contribution in [0.1, 0.15) is 31.3 Å². The van der Waals surface area contributed by atoms with Gasteiger partial charge in [0.05, 0.1) is 17.4 Å². The molecule has 206 valence electrons. The summed E-state index contributed by atoms with van der Waals surface area (Å²) >= 11 is 1.24. The number of aromatic amines is 1. The van der Waals surface area contributed by atoms with Crippen LogP contribution in [-0.4, -0.2) is 52.5 Å². The monoisotopic (exact) mass is 567 g/mol. The topological polar surface area (TPSA) is 144 Å². The Labute approximate surface area is 238 Å². The van der Waals surface area contributed by atoms with Gasteiger partial charge in [-0.25, -0.2) is 19.7 Å². The summed E-state index contributed by atoms with van der Waals surface area (Å²) in [5.74, 6) is 0.461. The van der Waals surface area contributed by atoms with Gasteiger partial charge in [-0.1, -0.05) is 23.5 Å². The molecule has 4 aromatic heterocycles. The third-order valence-electron chi connectivity index (χ3n) is 6.24. The first-order chi connectivity index (χ1) is 19.7. The number of carbonyl (C=O) groups is 2. The van der Waals surface area contributed by atoms with Crippen LogP contribution in [-0.2, 0) is 11.8 Å². The highest BCUT2D eigenvalue weighted by molar-refractivity contribution is 7.13. The highest BCUT2D eigenvalue weighted by Crippen LogP contribution is 2.31. The van der Waals surface area contributed by atoms with Crippen molar-refractivity contribution >= 4 is 61.8 Å². The second-order valence-corrected chi connectivity index (χ2v) is 11.1. The van der Waals surface area contributed by atoms with Crippen LogP contribution < -0.4 is 10.2 Å². The number of aryl methyl sites for hydroxylation is 1. The minimum atomic E-state index is -0.720. The third kappa shape index (κ3) is 5.22. The lowest BCUT2D eigenvalue weighted by atomic mass is 10.1. The lowest BCUT2D eigenvalue weighted by Crippen LogP contribution is -2.34. The Morgan fingerprint density at radius 3 is 2.71 bits per heavy atom. The summed E-state index contributed by atoms with van der Waals surface area (Å²) in [7, 11) is 1.81. The summed E-state index contributed by atoms with van der Waals surface area (Å²) in [6.07, 6.45) is 2.71. The maximum absolute atomic E-state index is 13.5. The summed E-state index contributed by atoms with van der Waals surface area (Å²) in [6.45, 7) is 5.43. The molecule has 0 aliphatic carbocycles. The standard InChI is InChI=1S/C28H25N9O3S/c1-28(2,3)40-27(39)37(19-7-8-20-18(11-19)14-30-34-20)23-9-10-29-24(32-23)17-6-5-16-12-22(36(4)21(16)13-17)25(38)33-26-35-31-15-41-26/h5-15H,1-4H3,(H,30,34)(H,33,35,38). The molecule has 2 amide bonds. The molecule has 0 fully saturated rings. The van der Waals surface area contributed by atoms with E-state index in [-0.39, 0.29) is 5.91 Å². The minimum absolute atomic E-state index is 0.289. The molecule has 2 N–H and O–H groups in total. The number of benzene rings is 2. The van der Waals surface area contributed by atoms with Crippen LogP contribution in [0.3, 0.4) is 0 Å². The summed E-state index contributed by atoms with van der Waals surface area (Å²) in [6, 6.07) is 14.6. The largest absolute Gasteiger partial charge is 0.443 e. The normalized spacial score (nSPS) is 11.6. The molecule has 0 bridgehead atoms. The van der Waals surface area contributed by atoms with Crippen molar-refractivity contribution in [3.63, 3.8) is 0 Å². The molecule has 0 atom stereocenters. The molecule has 6 aromatic rings.